The zero-order valence-corrected chi connectivity index (χ0v) is 35.4. The van der Waals surface area contributed by atoms with Gasteiger partial charge in [0.2, 0.25) is 0 Å². The Labute approximate surface area is 336 Å². The van der Waals surface area contributed by atoms with Crippen LogP contribution in [0.3, 0.4) is 0 Å². The molecule has 278 valence electrons. The Morgan fingerprint density at radius 2 is 1.56 bits per heavy atom. The van der Waals surface area contributed by atoms with Crippen LogP contribution in [0.15, 0.2) is 59.7 Å². The molecule has 2 atom stereocenters. The number of hydrogen-bond donors (Lipinski definition) is 0. The number of aryl methyl sites for hydroxylation is 5. The number of rotatable bonds is 3. The number of aromatic nitrogens is 2. The number of nitrogens with zero attached hydrogens (tertiary/aromatic N) is 3. The maximum atomic E-state index is 9.73. The molecule has 4 heterocycles. The van der Waals surface area contributed by atoms with Crippen LogP contribution in [0.2, 0.25) is 0 Å². The van der Waals surface area contributed by atoms with Gasteiger partial charge in [0.25, 0.3) is 0 Å². The molecule has 0 saturated heterocycles. The summed E-state index contributed by atoms with van der Waals surface area (Å²) in [6, 6.07) is 23.7. The van der Waals surface area contributed by atoms with Gasteiger partial charge in [-0.3, -0.25) is 4.99 Å². The fourth-order valence-corrected chi connectivity index (χ4v) is 8.49. The van der Waals surface area contributed by atoms with E-state index in [1.807, 2.05) is 65.9 Å². The third kappa shape index (κ3) is 5.15. The van der Waals surface area contributed by atoms with E-state index in [4.69, 9.17) is 24.2 Å². The zero-order chi connectivity index (χ0) is 39.4. The van der Waals surface area contributed by atoms with E-state index in [0.29, 0.717) is 34.3 Å². The topological polar surface area (TPSA) is 57.9 Å². The fraction of sp³-hybridized carbons (Fsp3) is 0.362. The Morgan fingerprint density at radius 3 is 2.28 bits per heavy atom. The van der Waals surface area contributed by atoms with Crippen molar-refractivity contribution in [1.29, 1.82) is 0 Å². The van der Waals surface area contributed by atoms with Gasteiger partial charge in [-0.1, -0.05) is 78.3 Å². The van der Waals surface area contributed by atoms with Crippen molar-refractivity contribution < 1.29 is 38.0 Å². The molecule has 6 nitrogen and oxygen atoms in total. The van der Waals surface area contributed by atoms with Crippen LogP contribution in [0.4, 0.5) is 0 Å². The van der Waals surface area contributed by atoms with E-state index < -0.39 is 22.9 Å². The summed E-state index contributed by atoms with van der Waals surface area (Å²) in [6.45, 7) is 24.9. The largest absolute Gasteiger partial charge is 2.00 e. The van der Waals surface area contributed by atoms with E-state index in [9.17, 15) is 2.74 Å². The number of fused-ring (bicyclic) bond motifs is 8. The summed E-state index contributed by atoms with van der Waals surface area (Å²) in [4.78, 5) is 10.3. The maximum Gasteiger partial charge on any atom is 2.00 e. The van der Waals surface area contributed by atoms with Gasteiger partial charge in [-0.25, -0.2) is 4.98 Å². The normalized spacial score (nSPS) is 21.3. The van der Waals surface area contributed by atoms with Crippen molar-refractivity contribution in [2.24, 2.45) is 10.4 Å². The molecule has 7 heteroatoms. The van der Waals surface area contributed by atoms with Crippen molar-refractivity contribution in [3.63, 3.8) is 0 Å². The molecule has 0 bridgehead atoms. The first-order valence-electron chi connectivity index (χ1n) is 19.5. The van der Waals surface area contributed by atoms with Crippen LogP contribution in [0, 0.1) is 52.2 Å². The van der Waals surface area contributed by atoms with E-state index in [1.54, 1.807) is 0 Å². The van der Waals surface area contributed by atoms with Gasteiger partial charge >= 0.3 is 21.1 Å². The molecule has 0 unspecified atom stereocenters. The predicted octanol–water partition coefficient (Wildman–Crippen LogP) is 11.5. The van der Waals surface area contributed by atoms with Crippen LogP contribution in [0.25, 0.3) is 27.6 Å². The summed E-state index contributed by atoms with van der Waals surface area (Å²) >= 11 is 0. The second-order valence-electron chi connectivity index (χ2n) is 17.6. The van der Waals surface area contributed by atoms with Crippen molar-refractivity contribution in [3.8, 4) is 28.7 Å². The molecular formula is C47H47N3O3Pt. The summed E-state index contributed by atoms with van der Waals surface area (Å²) in [5.41, 5.74) is 7.61. The molecule has 0 fully saturated rings. The van der Waals surface area contributed by atoms with Gasteiger partial charge in [0.1, 0.15) is 28.4 Å². The smallest absolute Gasteiger partial charge is 0.513 e. The number of aliphatic imine (C=N–C) groups is 1. The molecule has 54 heavy (non-hydrogen) atoms. The standard InChI is InChI=1S/C47H47N3O3.Pt/c1-25-13-34-35-14-26(2)24-48-42(35)50-37-22-38(29(5)18-39(37)52-40(15-25)41(34)50)51-33-20-30(19-32(21-33)44(6,7)8)43-49-46(12)36-17-28(4)27(3)16-31(36)23-47(46,53-43)45(9,10)11;/h13-19,21,24H,23H2,1-12H3;/q-2;+2/t46-,47-;/m1./s1/i23D2;. The minimum Gasteiger partial charge on any atom is -0.513 e. The van der Waals surface area contributed by atoms with Gasteiger partial charge in [-0.15, -0.1) is 29.3 Å². The van der Waals surface area contributed by atoms with Crippen molar-refractivity contribution in [2.75, 3.05) is 0 Å². The van der Waals surface area contributed by atoms with Crippen LogP contribution in [0.5, 0.6) is 23.0 Å². The average molecular weight is 899 g/mol. The summed E-state index contributed by atoms with van der Waals surface area (Å²) in [5, 5.41) is 2.14. The third-order valence-electron chi connectivity index (χ3n) is 11.5. The summed E-state index contributed by atoms with van der Waals surface area (Å²) in [7, 11) is 0. The molecule has 2 aliphatic heterocycles. The first-order chi connectivity index (χ1) is 25.6. The van der Waals surface area contributed by atoms with Crippen LogP contribution in [0.1, 0.15) is 101 Å². The van der Waals surface area contributed by atoms with E-state index in [1.165, 1.54) is 0 Å². The van der Waals surface area contributed by atoms with Crippen molar-refractivity contribution in [1.82, 2.24) is 9.55 Å². The number of hydrogen-bond acceptors (Lipinski definition) is 5. The number of ether oxygens (including phenoxy) is 3. The molecule has 0 N–H and O–H groups in total. The molecule has 1 aliphatic carbocycles. The molecule has 6 aromatic rings. The van der Waals surface area contributed by atoms with Gasteiger partial charge in [-0.05, 0) is 97.3 Å². The van der Waals surface area contributed by atoms with E-state index in [-0.39, 0.29) is 26.5 Å². The molecule has 4 aromatic carbocycles. The Balaban J connectivity index is 0.00000441. The van der Waals surface area contributed by atoms with E-state index in [2.05, 4.69) is 88.6 Å². The zero-order valence-electron chi connectivity index (χ0n) is 35.1. The monoisotopic (exact) mass is 898 g/mol. The number of benzene rings is 4. The van der Waals surface area contributed by atoms with Crippen LogP contribution in [-0.4, -0.2) is 21.0 Å². The van der Waals surface area contributed by atoms with Crippen molar-refractivity contribution >= 4 is 27.8 Å². The van der Waals surface area contributed by atoms with Crippen LogP contribution < -0.4 is 9.47 Å². The van der Waals surface area contributed by atoms with Crippen LogP contribution in [-0.2, 0) is 43.1 Å². The van der Waals surface area contributed by atoms with Gasteiger partial charge < -0.3 is 18.8 Å². The molecule has 0 saturated carbocycles. The van der Waals surface area contributed by atoms with Gasteiger partial charge in [0, 0.05) is 48.7 Å². The molecule has 9 rings (SSSR count). The minimum absolute atomic E-state index is 0. The summed E-state index contributed by atoms with van der Waals surface area (Å²) in [6.07, 6.45) is 0.0567. The molecular weight excluding hydrogens is 850 g/mol. The van der Waals surface area contributed by atoms with E-state index in [0.717, 1.165) is 72.3 Å². The Hall–Kier alpha value is -4.41. The summed E-state index contributed by atoms with van der Waals surface area (Å²) < 4.78 is 42.0. The fourth-order valence-electron chi connectivity index (χ4n) is 8.49. The molecule has 2 aromatic heterocycles. The van der Waals surface area contributed by atoms with E-state index >= 15 is 0 Å². The average Bonchev–Trinajstić information content (AvgIpc) is 3.64. The molecule has 0 radical (unpaired) electrons. The maximum absolute atomic E-state index is 9.73. The second-order valence-corrected chi connectivity index (χ2v) is 17.6. The minimum atomic E-state index is -1.84. The Morgan fingerprint density at radius 1 is 0.833 bits per heavy atom. The Bertz CT molecular complexity index is 2720. The first kappa shape index (κ1) is 34.1. The predicted molar refractivity (Wildman–Crippen MR) is 213 cm³/mol. The Kier molecular flexibility index (Phi) is 7.45. The van der Waals surface area contributed by atoms with Crippen molar-refractivity contribution in [2.45, 2.75) is 106 Å². The van der Waals surface area contributed by atoms with Crippen molar-refractivity contribution in [3.05, 3.63) is 117 Å². The first-order valence-corrected chi connectivity index (χ1v) is 18.5. The van der Waals surface area contributed by atoms with Crippen LogP contribution >= 0.6 is 0 Å². The van der Waals surface area contributed by atoms with Gasteiger partial charge in [0.15, 0.2) is 0 Å². The second kappa shape index (κ2) is 11.8. The third-order valence-corrected chi connectivity index (χ3v) is 11.5. The number of pyridine rings is 1. The molecule has 0 spiro atoms. The SMILES string of the molecule is [2H]C1([2H])c2cc(C)c(C)cc2[C@@]2(C)N=C(c3[c-]c(Oc4[c-]c5c(cc4C)Oc4cc(C)cc6c7cc(C)cnc7n-5c46)cc(C(C)(C)C)c3)O[C@@]12C(C)(C)C.[Pt+2]. The van der Waals surface area contributed by atoms with Gasteiger partial charge in [-0.2, -0.15) is 0 Å². The molecule has 0 amide bonds. The quantitative estimate of drug-likeness (QED) is 0.166. The van der Waals surface area contributed by atoms with Gasteiger partial charge in [0.05, 0.1) is 5.52 Å². The molecule has 3 aliphatic rings. The summed E-state index contributed by atoms with van der Waals surface area (Å²) in [5.74, 6) is 2.84.